The van der Waals surface area contributed by atoms with Crippen LogP contribution >= 0.6 is 0 Å². The van der Waals surface area contributed by atoms with Gasteiger partial charge >= 0.3 is 6.03 Å². The number of hydrogen-bond acceptors (Lipinski definition) is 3. The van der Waals surface area contributed by atoms with Crippen molar-refractivity contribution in [2.24, 2.45) is 0 Å². The van der Waals surface area contributed by atoms with E-state index < -0.39 is 0 Å². The molecule has 1 aliphatic rings. The van der Waals surface area contributed by atoms with Crippen molar-refractivity contribution < 1.29 is 4.79 Å². The molecule has 0 spiro atoms. The number of nitrogens with zero attached hydrogens (tertiary/aromatic N) is 3. The van der Waals surface area contributed by atoms with Gasteiger partial charge in [0.2, 0.25) is 0 Å². The van der Waals surface area contributed by atoms with Crippen molar-refractivity contribution in [3.63, 3.8) is 0 Å². The lowest BCUT2D eigenvalue weighted by atomic mass is 10.3. The number of anilines is 1. The summed E-state index contributed by atoms with van der Waals surface area (Å²) in [7, 11) is 1.79. The molecule has 0 bridgehead atoms. The summed E-state index contributed by atoms with van der Waals surface area (Å²) in [5, 5.41) is 0. The number of nitrogens with two attached hydrogens (primary N) is 1. The van der Waals surface area contributed by atoms with Crippen molar-refractivity contribution in [3.8, 4) is 11.8 Å². The zero-order valence-corrected chi connectivity index (χ0v) is 9.68. The number of hydrogen-bond donors (Lipinski definition) is 1. The molecule has 1 aromatic rings. The highest BCUT2D eigenvalue weighted by atomic mass is 16.2. The number of aromatic nitrogens is 1. The van der Waals surface area contributed by atoms with Gasteiger partial charge in [-0.05, 0) is 18.1 Å². The van der Waals surface area contributed by atoms with Crippen molar-refractivity contribution in [1.82, 2.24) is 14.8 Å². The van der Waals surface area contributed by atoms with E-state index in [1.807, 2.05) is 0 Å². The second-order valence-corrected chi connectivity index (χ2v) is 3.90. The summed E-state index contributed by atoms with van der Waals surface area (Å²) in [5.74, 6) is 5.84. The number of urea groups is 1. The van der Waals surface area contributed by atoms with Crippen LogP contribution in [0.3, 0.4) is 0 Å². The molecule has 2 N–H and O–H groups in total. The van der Waals surface area contributed by atoms with E-state index in [0.29, 0.717) is 17.9 Å². The third-order valence-corrected chi connectivity index (χ3v) is 2.58. The van der Waals surface area contributed by atoms with Gasteiger partial charge in [0.25, 0.3) is 0 Å². The molecule has 5 nitrogen and oxygen atoms in total. The van der Waals surface area contributed by atoms with Gasteiger partial charge in [-0.25, -0.2) is 9.78 Å². The Hall–Kier alpha value is -2.22. The highest BCUT2D eigenvalue weighted by molar-refractivity contribution is 5.76. The minimum atomic E-state index is 0.0320. The van der Waals surface area contributed by atoms with Crippen LogP contribution in [0.4, 0.5) is 10.5 Å². The zero-order chi connectivity index (χ0) is 12.3. The van der Waals surface area contributed by atoms with Gasteiger partial charge < -0.3 is 15.5 Å². The van der Waals surface area contributed by atoms with Gasteiger partial charge in [0, 0.05) is 20.1 Å². The first kappa shape index (κ1) is 11.3. The highest BCUT2D eigenvalue weighted by Gasteiger charge is 2.23. The zero-order valence-electron chi connectivity index (χ0n) is 9.68. The van der Waals surface area contributed by atoms with Crippen LogP contribution in [0.2, 0.25) is 0 Å². The minimum Gasteiger partial charge on any atom is -0.397 e. The molecule has 1 saturated heterocycles. The number of pyridine rings is 1. The van der Waals surface area contributed by atoms with Gasteiger partial charge in [-0.15, -0.1) is 0 Å². The van der Waals surface area contributed by atoms with Crippen LogP contribution in [0.25, 0.3) is 0 Å². The van der Waals surface area contributed by atoms with Gasteiger partial charge in [-0.3, -0.25) is 0 Å². The molecule has 0 aliphatic carbocycles. The van der Waals surface area contributed by atoms with Gasteiger partial charge in [0.05, 0.1) is 18.4 Å². The second kappa shape index (κ2) is 4.74. The minimum absolute atomic E-state index is 0.0320. The lowest BCUT2D eigenvalue weighted by Gasteiger charge is -2.11. The van der Waals surface area contributed by atoms with E-state index in [-0.39, 0.29) is 6.03 Å². The summed E-state index contributed by atoms with van der Waals surface area (Å²) >= 11 is 0. The number of amides is 2. The van der Waals surface area contributed by atoms with E-state index in [1.165, 1.54) is 0 Å². The quantitative estimate of drug-likeness (QED) is 0.709. The van der Waals surface area contributed by atoms with Crippen LogP contribution in [0.1, 0.15) is 5.69 Å². The normalized spacial score (nSPS) is 14.8. The Morgan fingerprint density at radius 2 is 2.29 bits per heavy atom. The molecule has 2 heterocycles. The molecule has 2 rings (SSSR count). The van der Waals surface area contributed by atoms with Crippen molar-refractivity contribution in [2.75, 3.05) is 32.4 Å². The van der Waals surface area contributed by atoms with Gasteiger partial charge in [0.1, 0.15) is 5.69 Å². The summed E-state index contributed by atoms with van der Waals surface area (Å²) < 4.78 is 0. The summed E-state index contributed by atoms with van der Waals surface area (Å²) in [6.45, 7) is 1.94. The molecular weight excluding hydrogens is 216 g/mol. The first-order valence-corrected chi connectivity index (χ1v) is 5.37. The SMILES string of the molecule is CN1CCN(CC#Cc2ccc(N)cn2)C1=O. The van der Waals surface area contributed by atoms with Crippen molar-refractivity contribution in [1.29, 1.82) is 0 Å². The van der Waals surface area contributed by atoms with E-state index >= 15 is 0 Å². The number of likely N-dealkylation sites (N-methyl/N-ethyl adjacent to an activating group) is 1. The topological polar surface area (TPSA) is 62.5 Å². The van der Waals surface area contributed by atoms with Crippen molar-refractivity contribution >= 4 is 11.7 Å². The predicted octanol–water partition coefficient (Wildman–Crippen LogP) is 0.383. The Labute approximate surface area is 100 Å². The fourth-order valence-electron chi connectivity index (χ4n) is 1.55. The molecule has 2 amide bonds. The smallest absolute Gasteiger partial charge is 0.320 e. The molecule has 0 aromatic carbocycles. The summed E-state index contributed by atoms with van der Waals surface area (Å²) in [6, 6.07) is 3.55. The molecule has 1 aromatic heterocycles. The molecular formula is C12H14N4O. The van der Waals surface area contributed by atoms with E-state index in [0.717, 1.165) is 13.1 Å². The lowest BCUT2D eigenvalue weighted by molar-refractivity contribution is 0.202. The molecule has 1 aliphatic heterocycles. The van der Waals surface area contributed by atoms with E-state index in [9.17, 15) is 4.79 Å². The number of nitrogen functional groups attached to an aromatic ring is 1. The average molecular weight is 230 g/mol. The van der Waals surface area contributed by atoms with Gasteiger partial charge in [0.15, 0.2) is 0 Å². The lowest BCUT2D eigenvalue weighted by Crippen LogP contribution is -2.29. The van der Waals surface area contributed by atoms with Crippen LogP contribution < -0.4 is 5.73 Å². The Bertz CT molecular complexity index is 472. The first-order chi connectivity index (χ1) is 8.16. The summed E-state index contributed by atoms with van der Waals surface area (Å²) in [5.41, 5.74) is 6.80. The van der Waals surface area contributed by atoms with Crippen LogP contribution in [0.5, 0.6) is 0 Å². The standard InChI is InChI=1S/C12H14N4O/c1-15-7-8-16(12(15)17)6-2-3-11-5-4-10(13)9-14-11/h4-5,9H,6-8,13H2,1H3. The molecule has 17 heavy (non-hydrogen) atoms. The molecule has 0 atom stereocenters. The Kier molecular flexibility index (Phi) is 3.15. The molecule has 1 fully saturated rings. The Morgan fingerprint density at radius 1 is 1.47 bits per heavy atom. The number of rotatable bonds is 1. The monoisotopic (exact) mass is 230 g/mol. The fourth-order valence-corrected chi connectivity index (χ4v) is 1.55. The predicted molar refractivity (Wildman–Crippen MR) is 65.1 cm³/mol. The van der Waals surface area contributed by atoms with Crippen LogP contribution in [-0.2, 0) is 0 Å². The Balaban J connectivity index is 1.95. The van der Waals surface area contributed by atoms with Crippen LogP contribution in [0.15, 0.2) is 18.3 Å². The first-order valence-electron chi connectivity index (χ1n) is 5.37. The maximum absolute atomic E-state index is 11.5. The van der Waals surface area contributed by atoms with Crippen LogP contribution in [0, 0.1) is 11.8 Å². The molecule has 88 valence electrons. The maximum Gasteiger partial charge on any atom is 0.320 e. The average Bonchev–Trinajstić information content (AvgIpc) is 2.64. The van der Waals surface area contributed by atoms with Crippen molar-refractivity contribution in [2.45, 2.75) is 0 Å². The third kappa shape index (κ3) is 2.67. The maximum atomic E-state index is 11.5. The van der Waals surface area contributed by atoms with Gasteiger partial charge in [-0.1, -0.05) is 5.92 Å². The van der Waals surface area contributed by atoms with E-state index in [2.05, 4.69) is 16.8 Å². The van der Waals surface area contributed by atoms with E-state index in [4.69, 9.17) is 5.73 Å². The molecule has 0 saturated carbocycles. The molecule has 0 radical (unpaired) electrons. The number of carbonyl (C=O) groups excluding carboxylic acids is 1. The highest BCUT2D eigenvalue weighted by Crippen LogP contribution is 2.04. The second-order valence-electron chi connectivity index (χ2n) is 3.90. The third-order valence-electron chi connectivity index (χ3n) is 2.58. The van der Waals surface area contributed by atoms with E-state index in [1.54, 1.807) is 35.2 Å². The Morgan fingerprint density at radius 3 is 2.88 bits per heavy atom. The van der Waals surface area contributed by atoms with Crippen LogP contribution in [-0.4, -0.2) is 47.5 Å². The van der Waals surface area contributed by atoms with Crippen molar-refractivity contribution in [3.05, 3.63) is 24.0 Å². The number of carbonyl (C=O) groups is 1. The summed E-state index contributed by atoms with van der Waals surface area (Å²) in [4.78, 5) is 19.0. The fraction of sp³-hybridized carbons (Fsp3) is 0.333. The molecule has 5 heteroatoms. The van der Waals surface area contributed by atoms with Gasteiger partial charge in [-0.2, -0.15) is 0 Å². The summed E-state index contributed by atoms with van der Waals surface area (Å²) in [6.07, 6.45) is 1.57. The largest absolute Gasteiger partial charge is 0.397 e. The molecule has 0 unspecified atom stereocenters.